The lowest BCUT2D eigenvalue weighted by molar-refractivity contribution is -0.201. The van der Waals surface area contributed by atoms with Crippen LogP contribution in [0.5, 0.6) is 0 Å². The number of hydrogen-bond acceptors (Lipinski definition) is 5. The maximum absolute atomic E-state index is 14.0. The minimum Gasteiger partial charge on any atom is -0.480 e. The van der Waals surface area contributed by atoms with Gasteiger partial charge in [0.1, 0.15) is 12.6 Å². The highest BCUT2D eigenvalue weighted by molar-refractivity contribution is 7.99. The number of carboxylic acids is 1. The Balaban J connectivity index is 1.52. The van der Waals surface area contributed by atoms with Crippen LogP contribution < -0.4 is 5.32 Å². The molecule has 2 aliphatic rings. The van der Waals surface area contributed by atoms with Crippen molar-refractivity contribution in [2.75, 3.05) is 18.2 Å². The van der Waals surface area contributed by atoms with Crippen LogP contribution in [0.3, 0.4) is 0 Å². The zero-order chi connectivity index (χ0) is 24.7. The first kappa shape index (κ1) is 23.9. The first-order valence-corrected chi connectivity index (χ1v) is 11.5. The van der Waals surface area contributed by atoms with Crippen LogP contribution in [0.4, 0.5) is 18.0 Å². The van der Waals surface area contributed by atoms with E-state index in [4.69, 9.17) is 4.74 Å². The highest BCUT2D eigenvalue weighted by Crippen LogP contribution is 2.44. The number of benzene rings is 2. The summed E-state index contributed by atoms with van der Waals surface area (Å²) in [6.45, 7) is 0.276. The molecule has 34 heavy (non-hydrogen) atoms. The van der Waals surface area contributed by atoms with Gasteiger partial charge in [0.2, 0.25) is 5.54 Å². The van der Waals surface area contributed by atoms with Crippen molar-refractivity contribution in [1.82, 2.24) is 10.2 Å². The van der Waals surface area contributed by atoms with Gasteiger partial charge in [0.25, 0.3) is 5.91 Å². The van der Waals surface area contributed by atoms with E-state index in [9.17, 15) is 32.7 Å². The summed E-state index contributed by atoms with van der Waals surface area (Å²) in [5.74, 6) is -3.61. The molecule has 0 spiro atoms. The lowest BCUT2D eigenvalue weighted by Gasteiger charge is -2.35. The molecule has 11 heteroatoms. The van der Waals surface area contributed by atoms with Crippen LogP contribution in [-0.4, -0.2) is 64.0 Å². The molecular weight excluding hydrogens is 473 g/mol. The predicted octanol–water partition coefficient (Wildman–Crippen LogP) is 3.83. The number of alkyl halides is 3. The molecular formula is C23H21F3N2O5S. The number of hydrogen-bond donors (Lipinski definition) is 2. The number of nitrogens with one attached hydrogen (secondary N) is 1. The number of ether oxygens (including phenoxy) is 1. The van der Waals surface area contributed by atoms with Gasteiger partial charge in [-0.25, -0.2) is 9.59 Å². The molecule has 180 valence electrons. The maximum Gasteiger partial charge on any atom is 0.420 e. The van der Waals surface area contributed by atoms with Crippen LogP contribution >= 0.6 is 11.8 Å². The Hall–Kier alpha value is -3.21. The standard InChI is InChI=1S/C23H21F3N2O5S/c1-22(23(24,25)26,20(31)28-12-34-11-18(28)19(29)30)27-21(32)33-10-17-15-8-4-2-6-13(15)14-7-3-5-9-16(14)17/h2-9,17-18H,10-12H2,1H3,(H,27,32)(H,29,30). The molecule has 1 fully saturated rings. The molecule has 2 amide bonds. The van der Waals surface area contributed by atoms with Crippen molar-refractivity contribution in [3.8, 4) is 11.1 Å². The predicted molar refractivity (Wildman–Crippen MR) is 118 cm³/mol. The number of alkyl carbamates (subject to hydrolysis) is 1. The summed E-state index contributed by atoms with van der Waals surface area (Å²) >= 11 is 1.02. The third-order valence-corrected chi connectivity index (χ3v) is 7.13. The quantitative estimate of drug-likeness (QED) is 0.656. The molecule has 0 saturated carbocycles. The second-order valence-corrected chi connectivity index (χ2v) is 9.20. The molecule has 0 aromatic heterocycles. The molecule has 2 atom stereocenters. The van der Waals surface area contributed by atoms with Crippen LogP contribution in [0.25, 0.3) is 11.1 Å². The lowest BCUT2D eigenvalue weighted by Crippen LogP contribution is -2.67. The van der Waals surface area contributed by atoms with E-state index in [0.29, 0.717) is 11.8 Å². The molecule has 0 bridgehead atoms. The van der Waals surface area contributed by atoms with Crippen molar-refractivity contribution in [3.05, 3.63) is 59.7 Å². The molecule has 1 saturated heterocycles. The molecule has 1 heterocycles. The third kappa shape index (κ3) is 4.08. The second kappa shape index (κ2) is 8.86. The summed E-state index contributed by atoms with van der Waals surface area (Å²) in [4.78, 5) is 37.3. The number of thioether (sulfide) groups is 1. The topological polar surface area (TPSA) is 95.9 Å². The van der Waals surface area contributed by atoms with Gasteiger partial charge < -0.3 is 14.7 Å². The molecule has 2 N–H and O–H groups in total. The van der Waals surface area contributed by atoms with E-state index in [1.165, 1.54) is 0 Å². The van der Waals surface area contributed by atoms with Crippen LogP contribution in [-0.2, 0) is 14.3 Å². The largest absolute Gasteiger partial charge is 0.480 e. The molecule has 0 radical (unpaired) electrons. The van der Waals surface area contributed by atoms with E-state index in [2.05, 4.69) is 0 Å². The van der Waals surface area contributed by atoms with E-state index in [1.54, 1.807) is 5.32 Å². The van der Waals surface area contributed by atoms with E-state index in [1.807, 2.05) is 48.5 Å². The average Bonchev–Trinajstić information content (AvgIpc) is 3.40. The van der Waals surface area contributed by atoms with Crippen LogP contribution in [0.1, 0.15) is 24.0 Å². The number of fused-ring (bicyclic) bond motifs is 3. The van der Waals surface area contributed by atoms with Crippen molar-refractivity contribution in [1.29, 1.82) is 0 Å². The minimum absolute atomic E-state index is 0.0417. The number of carbonyl (C=O) groups is 3. The summed E-state index contributed by atoms with van der Waals surface area (Å²) in [5, 5.41) is 10.9. The Morgan fingerprint density at radius 1 is 1.09 bits per heavy atom. The first-order valence-electron chi connectivity index (χ1n) is 10.4. The highest BCUT2D eigenvalue weighted by Gasteiger charge is 2.61. The molecule has 4 rings (SSSR count). The second-order valence-electron chi connectivity index (χ2n) is 8.20. The fourth-order valence-electron chi connectivity index (χ4n) is 4.22. The Kier molecular flexibility index (Phi) is 6.24. The van der Waals surface area contributed by atoms with Crippen molar-refractivity contribution in [2.45, 2.75) is 30.6 Å². The Labute approximate surface area is 197 Å². The molecule has 1 aliphatic carbocycles. The van der Waals surface area contributed by atoms with Gasteiger partial charge in [-0.1, -0.05) is 48.5 Å². The zero-order valence-corrected chi connectivity index (χ0v) is 18.8. The van der Waals surface area contributed by atoms with Crippen LogP contribution in [0, 0.1) is 0 Å². The van der Waals surface area contributed by atoms with Gasteiger partial charge in [-0.2, -0.15) is 13.2 Å². The van der Waals surface area contributed by atoms with E-state index in [-0.39, 0.29) is 24.2 Å². The van der Waals surface area contributed by atoms with Gasteiger partial charge in [0.15, 0.2) is 0 Å². The van der Waals surface area contributed by atoms with Gasteiger partial charge in [-0.15, -0.1) is 11.8 Å². The highest BCUT2D eigenvalue weighted by atomic mass is 32.2. The average molecular weight is 494 g/mol. The van der Waals surface area contributed by atoms with Crippen LogP contribution in [0.15, 0.2) is 48.5 Å². The monoisotopic (exact) mass is 494 g/mol. The SMILES string of the molecule is CC(NC(=O)OCC1c2ccccc2-c2ccccc21)(C(=O)N1CSCC1C(=O)O)C(F)(F)F. The number of halogens is 3. The lowest BCUT2D eigenvalue weighted by atomic mass is 9.98. The van der Waals surface area contributed by atoms with Crippen molar-refractivity contribution < 1.29 is 37.4 Å². The van der Waals surface area contributed by atoms with Crippen molar-refractivity contribution >= 4 is 29.7 Å². The number of nitrogens with zero attached hydrogens (tertiary/aromatic N) is 1. The number of rotatable bonds is 5. The Morgan fingerprint density at radius 3 is 2.18 bits per heavy atom. The van der Waals surface area contributed by atoms with Crippen LogP contribution in [0.2, 0.25) is 0 Å². The molecule has 1 aliphatic heterocycles. The number of carbonyl (C=O) groups excluding carboxylic acids is 2. The number of amides is 2. The van der Waals surface area contributed by atoms with Gasteiger partial charge >= 0.3 is 18.2 Å². The van der Waals surface area contributed by atoms with Crippen molar-refractivity contribution in [3.63, 3.8) is 0 Å². The fraction of sp³-hybridized carbons (Fsp3) is 0.348. The van der Waals surface area contributed by atoms with Gasteiger partial charge in [-0.3, -0.25) is 10.1 Å². The third-order valence-electron chi connectivity index (χ3n) is 6.12. The van der Waals surface area contributed by atoms with E-state index >= 15 is 0 Å². The summed E-state index contributed by atoms with van der Waals surface area (Å²) in [6.07, 6.45) is -6.61. The normalized spacial score (nSPS) is 19.2. The van der Waals surface area contributed by atoms with Gasteiger partial charge in [0.05, 0.1) is 5.88 Å². The van der Waals surface area contributed by atoms with E-state index < -0.39 is 35.7 Å². The smallest absolute Gasteiger partial charge is 0.420 e. The number of aliphatic carboxylic acids is 1. The van der Waals surface area contributed by atoms with Gasteiger partial charge in [0, 0.05) is 11.7 Å². The summed E-state index contributed by atoms with van der Waals surface area (Å²) in [7, 11) is 0. The Bertz CT molecular complexity index is 1100. The summed E-state index contributed by atoms with van der Waals surface area (Å²) in [5.41, 5.74) is 0.310. The molecule has 2 aromatic carbocycles. The zero-order valence-electron chi connectivity index (χ0n) is 18.0. The molecule has 2 unspecified atom stereocenters. The van der Waals surface area contributed by atoms with Gasteiger partial charge in [-0.05, 0) is 29.2 Å². The minimum atomic E-state index is -5.19. The Morgan fingerprint density at radius 2 is 1.65 bits per heavy atom. The number of carboxylic acid groups (broad SMARTS) is 1. The first-order chi connectivity index (χ1) is 16.0. The summed E-state index contributed by atoms with van der Waals surface area (Å²) < 4.78 is 47.1. The van der Waals surface area contributed by atoms with E-state index in [0.717, 1.165) is 34.0 Å². The fourth-order valence-corrected chi connectivity index (χ4v) is 5.36. The summed E-state index contributed by atoms with van der Waals surface area (Å²) in [6, 6.07) is 13.5. The molecule has 2 aromatic rings. The van der Waals surface area contributed by atoms with Crippen molar-refractivity contribution in [2.24, 2.45) is 0 Å². The maximum atomic E-state index is 14.0. The molecule has 7 nitrogen and oxygen atoms in total.